The molecule has 0 saturated heterocycles. The monoisotopic (exact) mass is 294 g/mol. The predicted molar refractivity (Wildman–Crippen MR) is 79.1 cm³/mol. The molecule has 1 unspecified atom stereocenters. The number of aliphatic hydroxyl groups excluding tert-OH is 1. The van der Waals surface area contributed by atoms with Gasteiger partial charge in [0.1, 0.15) is 0 Å². The Labute approximate surface area is 122 Å². The van der Waals surface area contributed by atoms with Crippen molar-refractivity contribution in [2.75, 3.05) is 21.3 Å². The zero-order valence-electron chi connectivity index (χ0n) is 11.8. The van der Waals surface area contributed by atoms with Gasteiger partial charge in [-0.3, -0.25) is 0 Å². The summed E-state index contributed by atoms with van der Waals surface area (Å²) >= 11 is 1.62. The van der Waals surface area contributed by atoms with Gasteiger partial charge in [0.25, 0.3) is 0 Å². The number of hydrogen-bond acceptors (Lipinski definition) is 5. The Bertz CT molecular complexity index is 551. The van der Waals surface area contributed by atoms with Gasteiger partial charge in [-0.15, -0.1) is 11.3 Å². The fraction of sp³-hybridized carbons (Fsp3) is 0.333. The standard InChI is InChI=1S/C15H18O4S/c1-17-13-7-6-11(14(18-2)15(13)19-3)12(16)9-10-5-4-8-20-10/h4-8,12,16H,9H2,1-3H3. The van der Waals surface area contributed by atoms with Crippen LogP contribution < -0.4 is 14.2 Å². The Hall–Kier alpha value is -1.72. The first-order chi connectivity index (χ1) is 9.71. The van der Waals surface area contributed by atoms with Gasteiger partial charge in [0.05, 0.1) is 27.4 Å². The van der Waals surface area contributed by atoms with Gasteiger partial charge < -0.3 is 19.3 Å². The average molecular weight is 294 g/mol. The number of rotatable bonds is 6. The summed E-state index contributed by atoms with van der Waals surface area (Å²) in [5, 5.41) is 12.4. The summed E-state index contributed by atoms with van der Waals surface area (Å²) in [6.45, 7) is 0. The van der Waals surface area contributed by atoms with Crippen LogP contribution in [0.4, 0.5) is 0 Å². The number of aliphatic hydroxyl groups is 1. The highest BCUT2D eigenvalue weighted by Gasteiger charge is 2.21. The van der Waals surface area contributed by atoms with Gasteiger partial charge in [0.2, 0.25) is 5.75 Å². The maximum absolute atomic E-state index is 10.4. The molecule has 0 aliphatic carbocycles. The molecule has 2 aromatic rings. The van der Waals surface area contributed by atoms with E-state index in [0.29, 0.717) is 29.2 Å². The van der Waals surface area contributed by atoms with Crippen LogP contribution in [-0.4, -0.2) is 26.4 Å². The van der Waals surface area contributed by atoms with Crippen LogP contribution in [0.25, 0.3) is 0 Å². The lowest BCUT2D eigenvalue weighted by atomic mass is 10.0. The van der Waals surface area contributed by atoms with Gasteiger partial charge in [-0.2, -0.15) is 0 Å². The van der Waals surface area contributed by atoms with Crippen LogP contribution in [0.5, 0.6) is 17.2 Å². The Kier molecular flexibility index (Phi) is 4.87. The van der Waals surface area contributed by atoms with E-state index in [4.69, 9.17) is 14.2 Å². The molecule has 1 aromatic heterocycles. The van der Waals surface area contributed by atoms with E-state index in [1.54, 1.807) is 44.8 Å². The first-order valence-corrected chi connectivity index (χ1v) is 7.08. The summed E-state index contributed by atoms with van der Waals surface area (Å²) < 4.78 is 15.9. The summed E-state index contributed by atoms with van der Waals surface area (Å²) in [6.07, 6.45) is -0.104. The minimum absolute atomic E-state index is 0.498. The normalized spacial score (nSPS) is 12.0. The van der Waals surface area contributed by atoms with E-state index in [1.165, 1.54) is 0 Å². The van der Waals surface area contributed by atoms with Crippen LogP contribution in [0.3, 0.4) is 0 Å². The Morgan fingerprint density at radius 2 is 1.80 bits per heavy atom. The highest BCUT2D eigenvalue weighted by molar-refractivity contribution is 7.09. The van der Waals surface area contributed by atoms with E-state index in [1.807, 2.05) is 17.5 Å². The molecule has 0 fully saturated rings. The fourth-order valence-corrected chi connectivity index (χ4v) is 2.86. The highest BCUT2D eigenvalue weighted by Crippen LogP contribution is 2.42. The Balaban J connectivity index is 2.35. The molecule has 1 aromatic carbocycles. The van der Waals surface area contributed by atoms with E-state index in [2.05, 4.69) is 0 Å². The molecule has 20 heavy (non-hydrogen) atoms. The highest BCUT2D eigenvalue weighted by atomic mass is 32.1. The maximum atomic E-state index is 10.4. The van der Waals surface area contributed by atoms with Crippen molar-refractivity contribution in [3.8, 4) is 17.2 Å². The number of thiophene rings is 1. The third-order valence-corrected chi connectivity index (χ3v) is 3.97. The SMILES string of the molecule is COc1ccc(C(O)Cc2cccs2)c(OC)c1OC. The molecule has 1 heterocycles. The van der Waals surface area contributed by atoms with Crippen LogP contribution >= 0.6 is 11.3 Å². The van der Waals surface area contributed by atoms with Crippen molar-refractivity contribution in [2.24, 2.45) is 0 Å². The van der Waals surface area contributed by atoms with Crippen LogP contribution in [-0.2, 0) is 6.42 Å². The van der Waals surface area contributed by atoms with Gasteiger partial charge in [0.15, 0.2) is 11.5 Å². The van der Waals surface area contributed by atoms with Crippen molar-refractivity contribution in [2.45, 2.75) is 12.5 Å². The van der Waals surface area contributed by atoms with Crippen LogP contribution in [0, 0.1) is 0 Å². The molecule has 0 spiro atoms. The molecule has 4 nitrogen and oxygen atoms in total. The summed E-state index contributed by atoms with van der Waals surface area (Å²) in [5.41, 5.74) is 0.693. The molecule has 0 amide bonds. The molecule has 1 N–H and O–H groups in total. The smallest absolute Gasteiger partial charge is 0.203 e. The lowest BCUT2D eigenvalue weighted by Gasteiger charge is -2.18. The molecular weight excluding hydrogens is 276 g/mol. The number of hydrogen-bond donors (Lipinski definition) is 1. The van der Waals surface area contributed by atoms with Gasteiger partial charge in [0, 0.05) is 16.9 Å². The quantitative estimate of drug-likeness (QED) is 0.889. The first kappa shape index (κ1) is 14.7. The molecule has 5 heteroatoms. The lowest BCUT2D eigenvalue weighted by Crippen LogP contribution is -2.05. The zero-order valence-corrected chi connectivity index (χ0v) is 12.6. The van der Waals surface area contributed by atoms with E-state index >= 15 is 0 Å². The molecule has 0 radical (unpaired) electrons. The predicted octanol–water partition coefficient (Wildman–Crippen LogP) is 3.05. The zero-order chi connectivity index (χ0) is 14.5. The third kappa shape index (κ3) is 2.89. The molecule has 0 aliphatic rings. The second-order valence-corrected chi connectivity index (χ2v) is 5.26. The molecule has 2 rings (SSSR count). The van der Waals surface area contributed by atoms with Gasteiger partial charge in [-0.1, -0.05) is 6.07 Å². The van der Waals surface area contributed by atoms with Crippen molar-refractivity contribution >= 4 is 11.3 Å². The first-order valence-electron chi connectivity index (χ1n) is 6.20. The number of benzene rings is 1. The largest absolute Gasteiger partial charge is 0.493 e. The van der Waals surface area contributed by atoms with Crippen molar-refractivity contribution < 1.29 is 19.3 Å². The topological polar surface area (TPSA) is 47.9 Å². The summed E-state index contributed by atoms with van der Waals surface area (Å²) in [5.74, 6) is 1.59. The molecule has 0 saturated carbocycles. The molecule has 0 aliphatic heterocycles. The second-order valence-electron chi connectivity index (χ2n) is 4.22. The van der Waals surface area contributed by atoms with Crippen LogP contribution in [0.15, 0.2) is 29.6 Å². The Morgan fingerprint density at radius 1 is 1.05 bits per heavy atom. The molecule has 108 valence electrons. The minimum atomic E-state index is -0.650. The van der Waals surface area contributed by atoms with Gasteiger partial charge in [-0.05, 0) is 23.6 Å². The van der Waals surface area contributed by atoms with Crippen molar-refractivity contribution in [3.63, 3.8) is 0 Å². The number of methoxy groups -OCH3 is 3. The Morgan fingerprint density at radius 3 is 2.35 bits per heavy atom. The third-order valence-electron chi connectivity index (χ3n) is 3.07. The maximum Gasteiger partial charge on any atom is 0.203 e. The van der Waals surface area contributed by atoms with E-state index < -0.39 is 6.10 Å². The number of ether oxygens (including phenoxy) is 3. The molecular formula is C15H18O4S. The molecule has 1 atom stereocenters. The second kappa shape index (κ2) is 6.63. The van der Waals surface area contributed by atoms with Crippen molar-refractivity contribution in [1.29, 1.82) is 0 Å². The van der Waals surface area contributed by atoms with Crippen molar-refractivity contribution in [1.82, 2.24) is 0 Å². The van der Waals surface area contributed by atoms with Crippen LogP contribution in [0.1, 0.15) is 16.5 Å². The molecule has 0 bridgehead atoms. The van der Waals surface area contributed by atoms with Gasteiger partial charge >= 0.3 is 0 Å². The summed E-state index contributed by atoms with van der Waals surface area (Å²) in [7, 11) is 4.67. The van der Waals surface area contributed by atoms with Gasteiger partial charge in [-0.25, -0.2) is 0 Å². The fourth-order valence-electron chi connectivity index (χ4n) is 2.12. The summed E-state index contributed by atoms with van der Waals surface area (Å²) in [6, 6.07) is 7.55. The minimum Gasteiger partial charge on any atom is -0.493 e. The van der Waals surface area contributed by atoms with E-state index in [0.717, 1.165) is 4.88 Å². The lowest BCUT2D eigenvalue weighted by molar-refractivity contribution is 0.173. The van der Waals surface area contributed by atoms with E-state index in [-0.39, 0.29) is 0 Å². The van der Waals surface area contributed by atoms with Crippen LogP contribution in [0.2, 0.25) is 0 Å². The summed E-state index contributed by atoms with van der Waals surface area (Å²) in [4.78, 5) is 1.12. The van der Waals surface area contributed by atoms with E-state index in [9.17, 15) is 5.11 Å². The van der Waals surface area contributed by atoms with Crippen molar-refractivity contribution in [3.05, 3.63) is 40.1 Å². The average Bonchev–Trinajstić information content (AvgIpc) is 2.98.